The minimum absolute atomic E-state index is 0.138. The average Bonchev–Trinajstić information content (AvgIpc) is 3.00. The van der Waals surface area contributed by atoms with Crippen molar-refractivity contribution < 1.29 is 4.79 Å². The van der Waals surface area contributed by atoms with Gasteiger partial charge in [0, 0.05) is 31.1 Å². The molecule has 5 nitrogen and oxygen atoms in total. The largest absolute Gasteiger partial charge is 0.348 e. The molecule has 1 fully saturated rings. The molecule has 0 radical (unpaired) electrons. The molecule has 2 aliphatic rings. The first-order chi connectivity index (χ1) is 10.7. The molecule has 0 aromatic carbocycles. The van der Waals surface area contributed by atoms with Gasteiger partial charge in [0.1, 0.15) is 0 Å². The Morgan fingerprint density at radius 2 is 2.14 bits per heavy atom. The number of nitrogens with zero attached hydrogens (tertiary/aromatic N) is 3. The maximum absolute atomic E-state index is 13.1. The molecule has 2 aromatic rings. The van der Waals surface area contributed by atoms with E-state index in [1.165, 1.54) is 12.1 Å². The van der Waals surface area contributed by atoms with Crippen LogP contribution in [0.2, 0.25) is 0 Å². The Morgan fingerprint density at radius 1 is 1.36 bits per heavy atom. The molecule has 114 valence electrons. The summed E-state index contributed by atoms with van der Waals surface area (Å²) in [4.78, 5) is 27.0. The quantitative estimate of drug-likeness (QED) is 0.925. The SMILES string of the molecule is CC(C(=O)N1CCc2[nH]cnc2C12CCC2)c1ccncc1. The highest BCUT2D eigenvalue weighted by atomic mass is 16.2. The van der Waals surface area contributed by atoms with Crippen LogP contribution in [-0.4, -0.2) is 32.3 Å². The van der Waals surface area contributed by atoms with E-state index in [0.29, 0.717) is 0 Å². The summed E-state index contributed by atoms with van der Waals surface area (Å²) in [5.41, 5.74) is 3.18. The fourth-order valence-corrected chi connectivity index (χ4v) is 3.85. The van der Waals surface area contributed by atoms with Crippen molar-refractivity contribution in [1.29, 1.82) is 0 Å². The lowest BCUT2D eigenvalue weighted by Gasteiger charge is -2.52. The van der Waals surface area contributed by atoms with Crippen LogP contribution in [0.15, 0.2) is 30.9 Å². The molecule has 0 bridgehead atoms. The summed E-state index contributed by atoms with van der Waals surface area (Å²) in [5.74, 6) is 0.0699. The van der Waals surface area contributed by atoms with Gasteiger partial charge >= 0.3 is 0 Å². The molecule has 1 N–H and O–H groups in total. The Hall–Kier alpha value is -2.17. The highest BCUT2D eigenvalue weighted by Crippen LogP contribution is 2.49. The van der Waals surface area contributed by atoms with E-state index in [0.717, 1.165) is 37.1 Å². The van der Waals surface area contributed by atoms with Gasteiger partial charge in [0.2, 0.25) is 5.91 Å². The number of aromatic amines is 1. The zero-order valence-corrected chi connectivity index (χ0v) is 12.7. The molecule has 4 rings (SSSR count). The van der Waals surface area contributed by atoms with Gasteiger partial charge in [-0.3, -0.25) is 9.78 Å². The number of H-pyrrole nitrogens is 1. The van der Waals surface area contributed by atoms with E-state index in [2.05, 4.69) is 19.9 Å². The predicted octanol–water partition coefficient (Wildman–Crippen LogP) is 2.37. The van der Waals surface area contributed by atoms with Crippen molar-refractivity contribution in [3.05, 3.63) is 47.8 Å². The van der Waals surface area contributed by atoms with Crippen LogP contribution in [0.3, 0.4) is 0 Å². The van der Waals surface area contributed by atoms with Crippen LogP contribution >= 0.6 is 0 Å². The number of fused-ring (bicyclic) bond motifs is 2. The monoisotopic (exact) mass is 296 g/mol. The zero-order chi connectivity index (χ0) is 15.2. The van der Waals surface area contributed by atoms with E-state index in [1.54, 1.807) is 18.7 Å². The third kappa shape index (κ3) is 1.81. The Kier molecular flexibility index (Phi) is 3.03. The maximum atomic E-state index is 13.1. The van der Waals surface area contributed by atoms with Crippen molar-refractivity contribution in [2.75, 3.05) is 6.54 Å². The Morgan fingerprint density at radius 3 is 2.82 bits per heavy atom. The van der Waals surface area contributed by atoms with Gasteiger partial charge < -0.3 is 9.88 Å². The molecule has 1 amide bonds. The topological polar surface area (TPSA) is 61.9 Å². The first kappa shape index (κ1) is 13.5. The molecule has 1 unspecified atom stereocenters. The number of hydrogen-bond acceptors (Lipinski definition) is 3. The number of amides is 1. The first-order valence-electron chi connectivity index (χ1n) is 7.96. The molecule has 5 heteroatoms. The average molecular weight is 296 g/mol. The van der Waals surface area contributed by atoms with Crippen molar-refractivity contribution in [2.24, 2.45) is 0 Å². The van der Waals surface area contributed by atoms with Gasteiger partial charge in [-0.15, -0.1) is 0 Å². The van der Waals surface area contributed by atoms with E-state index in [-0.39, 0.29) is 17.4 Å². The Bertz CT molecular complexity index is 690. The van der Waals surface area contributed by atoms with Crippen LogP contribution < -0.4 is 0 Å². The fourth-order valence-electron chi connectivity index (χ4n) is 3.85. The van der Waals surface area contributed by atoms with Crippen molar-refractivity contribution in [3.8, 4) is 0 Å². The number of hydrogen-bond donors (Lipinski definition) is 1. The molecular weight excluding hydrogens is 276 g/mol. The van der Waals surface area contributed by atoms with E-state index in [4.69, 9.17) is 0 Å². The second kappa shape index (κ2) is 4.93. The second-order valence-corrected chi connectivity index (χ2v) is 6.36. The number of carbonyl (C=O) groups is 1. The fraction of sp³-hybridized carbons (Fsp3) is 0.471. The number of imidazole rings is 1. The van der Waals surface area contributed by atoms with Crippen molar-refractivity contribution in [2.45, 2.75) is 44.1 Å². The number of nitrogens with one attached hydrogen (secondary N) is 1. The molecule has 22 heavy (non-hydrogen) atoms. The van der Waals surface area contributed by atoms with Gasteiger partial charge in [0.05, 0.1) is 23.5 Å². The van der Waals surface area contributed by atoms with Crippen LogP contribution in [0.1, 0.15) is 49.1 Å². The van der Waals surface area contributed by atoms with Gasteiger partial charge in [-0.25, -0.2) is 4.98 Å². The molecule has 1 aliphatic heterocycles. The van der Waals surface area contributed by atoms with E-state index in [1.807, 2.05) is 19.1 Å². The highest BCUT2D eigenvalue weighted by Gasteiger charge is 2.51. The van der Waals surface area contributed by atoms with E-state index < -0.39 is 0 Å². The molecule has 3 heterocycles. The molecular formula is C17H20N4O. The van der Waals surface area contributed by atoms with Gasteiger partial charge in [-0.2, -0.15) is 0 Å². The standard InChI is InChI=1S/C17H20N4O/c1-12(13-3-8-18-9-4-13)16(22)21-10-5-14-15(20-11-19-14)17(21)6-2-7-17/h3-4,8-9,11-12H,2,5-7,10H2,1H3,(H,19,20). The van der Waals surface area contributed by atoms with Crippen LogP contribution in [0, 0.1) is 0 Å². The lowest BCUT2D eigenvalue weighted by Crippen LogP contribution is -2.58. The van der Waals surface area contributed by atoms with Crippen LogP contribution in [0.5, 0.6) is 0 Å². The number of aromatic nitrogens is 3. The predicted molar refractivity (Wildman–Crippen MR) is 82.2 cm³/mol. The summed E-state index contributed by atoms with van der Waals surface area (Å²) >= 11 is 0. The van der Waals surface area contributed by atoms with E-state index >= 15 is 0 Å². The van der Waals surface area contributed by atoms with E-state index in [9.17, 15) is 4.79 Å². The number of pyridine rings is 1. The van der Waals surface area contributed by atoms with Gasteiger partial charge in [0.25, 0.3) is 0 Å². The van der Waals surface area contributed by atoms with Crippen molar-refractivity contribution in [3.63, 3.8) is 0 Å². The van der Waals surface area contributed by atoms with Gasteiger partial charge in [-0.05, 0) is 43.9 Å². The molecule has 1 aliphatic carbocycles. The third-order valence-corrected chi connectivity index (χ3v) is 5.28. The summed E-state index contributed by atoms with van der Waals surface area (Å²) < 4.78 is 0. The highest BCUT2D eigenvalue weighted by molar-refractivity contribution is 5.84. The zero-order valence-electron chi connectivity index (χ0n) is 12.7. The van der Waals surface area contributed by atoms with Crippen LogP contribution in [0.4, 0.5) is 0 Å². The summed E-state index contributed by atoms with van der Waals surface area (Å²) in [6, 6.07) is 3.86. The van der Waals surface area contributed by atoms with Crippen molar-refractivity contribution >= 4 is 5.91 Å². The van der Waals surface area contributed by atoms with Crippen LogP contribution in [-0.2, 0) is 16.8 Å². The smallest absolute Gasteiger partial charge is 0.230 e. The molecule has 1 spiro atoms. The number of carbonyl (C=O) groups excluding carboxylic acids is 1. The van der Waals surface area contributed by atoms with Crippen LogP contribution in [0.25, 0.3) is 0 Å². The minimum atomic E-state index is -0.161. The molecule has 1 atom stereocenters. The Labute approximate surface area is 129 Å². The van der Waals surface area contributed by atoms with Crippen molar-refractivity contribution in [1.82, 2.24) is 19.9 Å². The third-order valence-electron chi connectivity index (χ3n) is 5.28. The Balaban J connectivity index is 1.66. The minimum Gasteiger partial charge on any atom is -0.348 e. The number of rotatable bonds is 2. The summed E-state index contributed by atoms with van der Waals surface area (Å²) in [5, 5.41) is 0. The lowest BCUT2D eigenvalue weighted by molar-refractivity contribution is -0.145. The summed E-state index contributed by atoms with van der Waals surface area (Å²) in [7, 11) is 0. The molecule has 1 saturated carbocycles. The second-order valence-electron chi connectivity index (χ2n) is 6.36. The first-order valence-corrected chi connectivity index (χ1v) is 7.96. The molecule has 0 saturated heterocycles. The maximum Gasteiger partial charge on any atom is 0.230 e. The normalized spacial score (nSPS) is 20.3. The summed E-state index contributed by atoms with van der Waals surface area (Å²) in [6.45, 7) is 2.77. The van der Waals surface area contributed by atoms with Gasteiger partial charge in [0.15, 0.2) is 0 Å². The molecule has 2 aromatic heterocycles. The summed E-state index contributed by atoms with van der Waals surface area (Å²) in [6.07, 6.45) is 9.36. The van der Waals surface area contributed by atoms with Gasteiger partial charge in [-0.1, -0.05) is 0 Å². The lowest BCUT2D eigenvalue weighted by atomic mass is 9.70.